The minimum atomic E-state index is -0.163. The molecule has 1 aromatic carbocycles. The van der Waals surface area contributed by atoms with Crippen molar-refractivity contribution in [1.29, 1.82) is 0 Å². The van der Waals surface area contributed by atoms with Crippen LogP contribution in [0.4, 0.5) is 0 Å². The number of furan rings is 1. The molecular weight excluding hydrogens is 398 g/mol. The average Bonchev–Trinajstić information content (AvgIpc) is 3.43. The first-order valence-corrected chi connectivity index (χ1v) is 10.7. The number of nitrogens with zero attached hydrogens (tertiary/aromatic N) is 5. The van der Waals surface area contributed by atoms with Gasteiger partial charge in [0.1, 0.15) is 5.76 Å². The number of aromatic nitrogens is 5. The molecule has 1 atom stereocenters. The van der Waals surface area contributed by atoms with Crippen molar-refractivity contribution < 1.29 is 8.94 Å². The summed E-state index contributed by atoms with van der Waals surface area (Å²) in [6.07, 6.45) is 1.67. The fourth-order valence-electron chi connectivity index (χ4n) is 2.99. The van der Waals surface area contributed by atoms with E-state index in [4.69, 9.17) is 8.94 Å². The van der Waals surface area contributed by atoms with Crippen LogP contribution in [0.3, 0.4) is 0 Å². The Labute approximate surface area is 179 Å². The van der Waals surface area contributed by atoms with Crippen LogP contribution < -0.4 is 0 Å². The van der Waals surface area contributed by atoms with Gasteiger partial charge in [-0.2, -0.15) is 4.98 Å². The summed E-state index contributed by atoms with van der Waals surface area (Å²) < 4.78 is 13.2. The second kappa shape index (κ2) is 8.10. The Morgan fingerprint density at radius 3 is 2.63 bits per heavy atom. The van der Waals surface area contributed by atoms with E-state index in [1.807, 2.05) is 31.2 Å². The van der Waals surface area contributed by atoms with Gasteiger partial charge in [0.25, 0.3) is 0 Å². The lowest BCUT2D eigenvalue weighted by Crippen LogP contribution is -2.13. The second-order valence-corrected chi connectivity index (χ2v) is 9.62. The molecule has 0 saturated heterocycles. The van der Waals surface area contributed by atoms with Crippen molar-refractivity contribution in [3.05, 3.63) is 65.7 Å². The van der Waals surface area contributed by atoms with Gasteiger partial charge in [-0.25, -0.2) is 0 Å². The van der Waals surface area contributed by atoms with Crippen molar-refractivity contribution in [3.63, 3.8) is 0 Å². The Morgan fingerprint density at radius 1 is 1.13 bits per heavy atom. The van der Waals surface area contributed by atoms with E-state index in [-0.39, 0.29) is 10.7 Å². The number of thioether (sulfide) groups is 1. The maximum atomic E-state index is 5.58. The van der Waals surface area contributed by atoms with Gasteiger partial charge < -0.3 is 8.94 Å². The molecule has 0 bridgehead atoms. The number of hydrogen-bond donors (Lipinski definition) is 0. The molecule has 0 aliphatic carbocycles. The van der Waals surface area contributed by atoms with Crippen molar-refractivity contribution in [2.24, 2.45) is 0 Å². The van der Waals surface area contributed by atoms with Gasteiger partial charge in [0.15, 0.2) is 16.8 Å². The first-order valence-electron chi connectivity index (χ1n) is 9.84. The Bertz CT molecular complexity index is 1120. The third kappa shape index (κ3) is 4.33. The zero-order valence-electron chi connectivity index (χ0n) is 17.8. The Kier molecular flexibility index (Phi) is 5.51. The van der Waals surface area contributed by atoms with E-state index < -0.39 is 0 Å². The molecule has 0 aliphatic heterocycles. The molecule has 0 aliphatic rings. The van der Waals surface area contributed by atoms with Gasteiger partial charge in [-0.1, -0.05) is 61.5 Å². The van der Waals surface area contributed by atoms with E-state index in [0.29, 0.717) is 18.3 Å². The van der Waals surface area contributed by atoms with Crippen LogP contribution in [-0.4, -0.2) is 24.9 Å². The fourth-order valence-corrected chi connectivity index (χ4v) is 3.87. The normalized spacial score (nSPS) is 13.0. The van der Waals surface area contributed by atoms with E-state index in [9.17, 15) is 0 Å². The Morgan fingerprint density at radius 2 is 1.97 bits per heavy atom. The predicted molar refractivity (Wildman–Crippen MR) is 115 cm³/mol. The summed E-state index contributed by atoms with van der Waals surface area (Å²) in [4.78, 5) is 4.58. The van der Waals surface area contributed by atoms with E-state index in [1.54, 1.807) is 18.0 Å². The van der Waals surface area contributed by atoms with Crippen LogP contribution in [0.15, 0.2) is 56.8 Å². The monoisotopic (exact) mass is 423 g/mol. The van der Waals surface area contributed by atoms with E-state index in [0.717, 1.165) is 22.3 Å². The van der Waals surface area contributed by atoms with Crippen LogP contribution in [0.1, 0.15) is 56.0 Å². The van der Waals surface area contributed by atoms with Crippen LogP contribution in [0.5, 0.6) is 0 Å². The molecule has 0 fully saturated rings. The van der Waals surface area contributed by atoms with Gasteiger partial charge >= 0.3 is 0 Å². The molecule has 0 amide bonds. The van der Waals surface area contributed by atoms with Gasteiger partial charge in [0, 0.05) is 11.0 Å². The molecule has 0 unspecified atom stereocenters. The standard InChI is InChI=1S/C22H25N5O2S/c1-14-8-6-9-16(12-14)18-24-25-21(27(18)13-17-10-7-11-28-17)30-15(2)19-23-20(26-29-19)22(3,4)5/h6-12,15H,13H2,1-5H3/t15-/m0/s1. The zero-order chi connectivity index (χ0) is 21.3. The van der Waals surface area contributed by atoms with Crippen molar-refractivity contribution in [3.8, 4) is 11.4 Å². The molecule has 3 heterocycles. The van der Waals surface area contributed by atoms with E-state index in [2.05, 4.69) is 64.7 Å². The molecule has 4 rings (SSSR count). The summed E-state index contributed by atoms with van der Waals surface area (Å²) in [5.74, 6) is 2.91. The van der Waals surface area contributed by atoms with Gasteiger partial charge in [-0.3, -0.25) is 4.57 Å². The highest BCUT2D eigenvalue weighted by molar-refractivity contribution is 7.99. The fraction of sp³-hybridized carbons (Fsp3) is 0.364. The smallest absolute Gasteiger partial charge is 0.239 e. The number of aryl methyl sites for hydroxylation is 1. The zero-order valence-corrected chi connectivity index (χ0v) is 18.6. The first-order chi connectivity index (χ1) is 14.3. The molecule has 8 heteroatoms. The van der Waals surface area contributed by atoms with Crippen LogP contribution in [-0.2, 0) is 12.0 Å². The summed E-state index contributed by atoms with van der Waals surface area (Å²) in [6, 6.07) is 12.1. The molecule has 0 saturated carbocycles. The second-order valence-electron chi connectivity index (χ2n) is 8.31. The number of rotatable bonds is 6. The number of hydrogen-bond acceptors (Lipinski definition) is 7. The molecule has 30 heavy (non-hydrogen) atoms. The molecule has 0 N–H and O–H groups in total. The molecule has 156 valence electrons. The maximum absolute atomic E-state index is 5.58. The van der Waals surface area contributed by atoms with Crippen molar-refractivity contribution in [2.45, 2.75) is 57.0 Å². The maximum Gasteiger partial charge on any atom is 0.239 e. The molecule has 4 aromatic rings. The highest BCUT2D eigenvalue weighted by Gasteiger charge is 2.25. The van der Waals surface area contributed by atoms with Gasteiger partial charge in [-0.05, 0) is 32.0 Å². The van der Waals surface area contributed by atoms with Gasteiger partial charge in [0.2, 0.25) is 5.89 Å². The van der Waals surface area contributed by atoms with E-state index >= 15 is 0 Å². The van der Waals surface area contributed by atoms with Gasteiger partial charge in [-0.15, -0.1) is 10.2 Å². The minimum Gasteiger partial charge on any atom is -0.467 e. The van der Waals surface area contributed by atoms with E-state index in [1.165, 1.54) is 5.56 Å². The molecule has 0 spiro atoms. The SMILES string of the molecule is Cc1cccc(-c2nnc(S[C@@H](C)c3nc(C(C)(C)C)no3)n2Cc2ccco2)c1. The Balaban J connectivity index is 1.66. The molecular formula is C22H25N5O2S. The lowest BCUT2D eigenvalue weighted by molar-refractivity contribution is 0.364. The summed E-state index contributed by atoms with van der Waals surface area (Å²) in [6.45, 7) is 10.8. The summed E-state index contributed by atoms with van der Waals surface area (Å²) in [5, 5.41) is 13.8. The van der Waals surface area contributed by atoms with Crippen molar-refractivity contribution >= 4 is 11.8 Å². The summed E-state index contributed by atoms with van der Waals surface area (Å²) in [5.41, 5.74) is 2.02. The highest BCUT2D eigenvalue weighted by Crippen LogP contribution is 2.36. The number of benzene rings is 1. The Hall–Kier alpha value is -2.87. The van der Waals surface area contributed by atoms with Crippen LogP contribution in [0, 0.1) is 6.92 Å². The summed E-state index contributed by atoms with van der Waals surface area (Å²) in [7, 11) is 0. The average molecular weight is 424 g/mol. The lowest BCUT2D eigenvalue weighted by Gasteiger charge is -2.12. The van der Waals surface area contributed by atoms with Crippen LogP contribution in [0.2, 0.25) is 0 Å². The topological polar surface area (TPSA) is 82.8 Å². The minimum absolute atomic E-state index is 0.0708. The van der Waals surface area contributed by atoms with Crippen molar-refractivity contribution in [2.75, 3.05) is 0 Å². The summed E-state index contributed by atoms with van der Waals surface area (Å²) >= 11 is 1.54. The first kappa shape index (κ1) is 20.4. The molecule has 7 nitrogen and oxygen atoms in total. The quantitative estimate of drug-likeness (QED) is 0.382. The highest BCUT2D eigenvalue weighted by atomic mass is 32.2. The third-order valence-corrected chi connectivity index (χ3v) is 5.70. The largest absolute Gasteiger partial charge is 0.467 e. The third-order valence-electron chi connectivity index (χ3n) is 4.63. The lowest BCUT2D eigenvalue weighted by atomic mass is 9.96. The van der Waals surface area contributed by atoms with Crippen molar-refractivity contribution in [1.82, 2.24) is 24.9 Å². The van der Waals surface area contributed by atoms with Gasteiger partial charge in [0.05, 0.1) is 18.1 Å². The molecule has 0 radical (unpaired) electrons. The van der Waals surface area contributed by atoms with Crippen LogP contribution in [0.25, 0.3) is 11.4 Å². The predicted octanol–water partition coefficient (Wildman–Crippen LogP) is 5.43. The van der Waals surface area contributed by atoms with Crippen LogP contribution >= 0.6 is 11.8 Å². The molecule has 3 aromatic heterocycles.